The fourth-order valence-electron chi connectivity index (χ4n) is 6.17. The highest BCUT2D eigenvalue weighted by molar-refractivity contribution is 6.01. The molecule has 1 aromatic heterocycles. The Morgan fingerprint density at radius 3 is 2.33 bits per heavy atom. The third-order valence-corrected chi connectivity index (χ3v) is 8.26. The Kier molecular flexibility index (Phi) is 7.44. The molecule has 2 aromatic carbocycles. The first-order chi connectivity index (χ1) is 18.7. The third-order valence-electron chi connectivity index (χ3n) is 8.26. The fourth-order valence-corrected chi connectivity index (χ4v) is 6.17. The van der Waals surface area contributed by atoms with Gasteiger partial charge in [0.05, 0.1) is 19.9 Å². The summed E-state index contributed by atoms with van der Waals surface area (Å²) < 4.78 is 10.9. The van der Waals surface area contributed by atoms with Crippen molar-refractivity contribution in [1.29, 1.82) is 0 Å². The molecule has 2 aliphatic rings. The Morgan fingerprint density at radius 2 is 1.72 bits per heavy atom. The Labute approximate surface area is 229 Å². The van der Waals surface area contributed by atoms with Crippen LogP contribution in [0.3, 0.4) is 0 Å². The minimum Gasteiger partial charge on any atom is -0.493 e. The highest BCUT2D eigenvalue weighted by atomic mass is 16.5. The number of carbonyl (C=O) groups is 2. The highest BCUT2D eigenvalue weighted by Crippen LogP contribution is 2.39. The molecule has 0 bridgehead atoms. The highest BCUT2D eigenvalue weighted by Gasteiger charge is 2.41. The molecule has 2 atom stereocenters. The van der Waals surface area contributed by atoms with E-state index in [9.17, 15) is 9.59 Å². The molecule has 2 N–H and O–H groups in total. The molecule has 0 radical (unpaired) electrons. The molecule has 2 unspecified atom stereocenters. The number of carbonyl (C=O) groups excluding carboxylic acids is 1. The van der Waals surface area contributed by atoms with Crippen LogP contribution in [0.2, 0.25) is 0 Å². The van der Waals surface area contributed by atoms with Crippen LogP contribution in [-0.4, -0.2) is 97.3 Å². The van der Waals surface area contributed by atoms with E-state index >= 15 is 0 Å². The summed E-state index contributed by atoms with van der Waals surface area (Å²) in [5.41, 5.74) is 4.91. The average molecular weight is 535 g/mol. The standard InChI is InChI=1S/C30H38N4O5/c1-18(2)27-23-12-20(6-8-24(23)31-28(27)19-7-9-25(38-4)26(13-19)39-5)29(35)34-16-21-14-33(15-22(21)17-34)11-10-32(3)30(36)37/h6-9,12-13,18,21-22,31H,10-11,14-17H2,1-5H3,(H,36,37). The van der Waals surface area contributed by atoms with E-state index in [1.54, 1.807) is 21.3 Å². The van der Waals surface area contributed by atoms with E-state index in [-0.39, 0.29) is 11.8 Å². The van der Waals surface area contributed by atoms with Crippen LogP contribution in [0.4, 0.5) is 4.79 Å². The maximum Gasteiger partial charge on any atom is 0.407 e. The van der Waals surface area contributed by atoms with E-state index in [0.29, 0.717) is 35.4 Å². The summed E-state index contributed by atoms with van der Waals surface area (Å²) in [5, 5.41) is 10.2. The van der Waals surface area contributed by atoms with Crippen LogP contribution in [0.15, 0.2) is 36.4 Å². The fraction of sp³-hybridized carbons (Fsp3) is 0.467. The van der Waals surface area contributed by atoms with Crippen molar-refractivity contribution in [1.82, 2.24) is 19.7 Å². The number of hydrogen-bond acceptors (Lipinski definition) is 5. The zero-order valence-corrected chi connectivity index (χ0v) is 23.4. The molecule has 2 fully saturated rings. The second kappa shape index (κ2) is 10.8. The summed E-state index contributed by atoms with van der Waals surface area (Å²) in [6.45, 7) is 8.87. The number of carboxylic acid groups (broad SMARTS) is 1. The van der Waals surface area contributed by atoms with Gasteiger partial charge in [0.25, 0.3) is 5.91 Å². The normalized spacial score (nSPS) is 19.1. The van der Waals surface area contributed by atoms with Crippen LogP contribution in [0, 0.1) is 11.8 Å². The van der Waals surface area contributed by atoms with Gasteiger partial charge in [-0.25, -0.2) is 4.79 Å². The van der Waals surface area contributed by atoms with Gasteiger partial charge < -0.3 is 34.3 Å². The van der Waals surface area contributed by atoms with Crippen LogP contribution in [0.1, 0.15) is 35.7 Å². The van der Waals surface area contributed by atoms with Crippen molar-refractivity contribution in [2.24, 2.45) is 11.8 Å². The van der Waals surface area contributed by atoms with Crippen LogP contribution in [0.25, 0.3) is 22.2 Å². The number of amides is 2. The van der Waals surface area contributed by atoms with Gasteiger partial charge in [0, 0.05) is 68.3 Å². The van der Waals surface area contributed by atoms with Crippen molar-refractivity contribution in [3.05, 3.63) is 47.5 Å². The predicted octanol–water partition coefficient (Wildman–Crippen LogP) is 4.59. The first kappa shape index (κ1) is 26.9. The number of H-pyrrole nitrogens is 1. The summed E-state index contributed by atoms with van der Waals surface area (Å²) in [6, 6.07) is 11.9. The van der Waals surface area contributed by atoms with Crippen molar-refractivity contribution in [3.63, 3.8) is 0 Å². The van der Waals surface area contributed by atoms with E-state index in [1.165, 1.54) is 10.5 Å². The number of fused-ring (bicyclic) bond motifs is 2. The molecule has 39 heavy (non-hydrogen) atoms. The Bertz CT molecular complexity index is 1370. The molecule has 0 spiro atoms. The third kappa shape index (κ3) is 5.15. The number of aromatic nitrogens is 1. The lowest BCUT2D eigenvalue weighted by Crippen LogP contribution is -2.37. The zero-order chi connectivity index (χ0) is 27.8. The summed E-state index contributed by atoms with van der Waals surface area (Å²) >= 11 is 0. The number of hydrogen-bond donors (Lipinski definition) is 2. The second-order valence-electron chi connectivity index (χ2n) is 11.1. The van der Waals surface area contributed by atoms with Gasteiger partial charge in [0.2, 0.25) is 0 Å². The van der Waals surface area contributed by atoms with E-state index in [4.69, 9.17) is 14.6 Å². The molecule has 0 aliphatic carbocycles. The minimum atomic E-state index is -0.901. The van der Waals surface area contributed by atoms with Crippen LogP contribution in [0.5, 0.6) is 11.5 Å². The predicted molar refractivity (Wildman–Crippen MR) is 151 cm³/mol. The first-order valence-corrected chi connectivity index (χ1v) is 13.5. The Hall–Kier alpha value is -3.72. The van der Waals surface area contributed by atoms with E-state index in [2.05, 4.69) is 23.7 Å². The smallest absolute Gasteiger partial charge is 0.407 e. The summed E-state index contributed by atoms with van der Waals surface area (Å²) in [7, 11) is 4.86. The van der Waals surface area contributed by atoms with Crippen LogP contribution < -0.4 is 9.47 Å². The number of nitrogens with zero attached hydrogens (tertiary/aromatic N) is 3. The molecular weight excluding hydrogens is 496 g/mol. The number of aromatic amines is 1. The van der Waals surface area contributed by atoms with Gasteiger partial charge >= 0.3 is 6.09 Å². The molecular formula is C30H38N4O5. The SMILES string of the molecule is COc1ccc(-c2[nH]c3ccc(C(=O)N4CC5CN(CCN(C)C(=O)O)CC5C4)cc3c2C(C)C)cc1OC. The molecule has 9 nitrogen and oxygen atoms in total. The van der Waals surface area contributed by atoms with Crippen molar-refractivity contribution in [2.75, 3.05) is 60.5 Å². The van der Waals surface area contributed by atoms with Gasteiger partial charge in [-0.2, -0.15) is 0 Å². The van der Waals surface area contributed by atoms with Crippen molar-refractivity contribution in [3.8, 4) is 22.8 Å². The topological polar surface area (TPSA) is 98.3 Å². The first-order valence-electron chi connectivity index (χ1n) is 13.5. The largest absolute Gasteiger partial charge is 0.493 e. The number of rotatable bonds is 8. The summed E-state index contributed by atoms with van der Waals surface area (Å²) in [5.74, 6) is 2.54. The van der Waals surface area contributed by atoms with Gasteiger partial charge in [0.1, 0.15) is 0 Å². The van der Waals surface area contributed by atoms with Crippen molar-refractivity contribution < 1.29 is 24.2 Å². The molecule has 9 heteroatoms. The molecule has 5 rings (SSSR count). The molecule has 2 aliphatic heterocycles. The van der Waals surface area contributed by atoms with E-state index in [1.807, 2.05) is 41.3 Å². The number of nitrogens with one attached hydrogen (secondary N) is 1. The van der Waals surface area contributed by atoms with Gasteiger partial charge in [-0.15, -0.1) is 0 Å². The maximum absolute atomic E-state index is 13.6. The molecule has 0 saturated carbocycles. The maximum atomic E-state index is 13.6. The molecule has 2 amide bonds. The number of ether oxygens (including phenoxy) is 2. The average Bonchev–Trinajstić information content (AvgIpc) is 3.61. The number of likely N-dealkylation sites (tertiary alicyclic amines) is 2. The van der Waals surface area contributed by atoms with Crippen LogP contribution >= 0.6 is 0 Å². The quantitative estimate of drug-likeness (QED) is 0.439. The lowest BCUT2D eigenvalue weighted by Gasteiger charge is -2.23. The minimum absolute atomic E-state index is 0.0760. The van der Waals surface area contributed by atoms with Gasteiger partial charge in [-0.3, -0.25) is 4.79 Å². The second-order valence-corrected chi connectivity index (χ2v) is 11.1. The van der Waals surface area contributed by atoms with E-state index < -0.39 is 6.09 Å². The monoisotopic (exact) mass is 534 g/mol. The lowest BCUT2D eigenvalue weighted by molar-refractivity contribution is 0.0772. The number of methoxy groups -OCH3 is 2. The zero-order valence-electron chi connectivity index (χ0n) is 23.4. The van der Waals surface area contributed by atoms with Gasteiger partial charge in [-0.1, -0.05) is 13.8 Å². The molecule has 2 saturated heterocycles. The molecule has 3 heterocycles. The van der Waals surface area contributed by atoms with Gasteiger partial charge in [0.15, 0.2) is 11.5 Å². The van der Waals surface area contributed by atoms with Crippen molar-refractivity contribution in [2.45, 2.75) is 19.8 Å². The molecule has 3 aromatic rings. The van der Waals surface area contributed by atoms with Gasteiger partial charge in [-0.05, 0) is 59.7 Å². The Balaban J connectivity index is 1.34. The summed E-state index contributed by atoms with van der Waals surface area (Å²) in [6.07, 6.45) is -0.901. The number of benzene rings is 2. The summed E-state index contributed by atoms with van der Waals surface area (Å²) in [4.78, 5) is 33.9. The Morgan fingerprint density at radius 1 is 1.03 bits per heavy atom. The number of likely N-dealkylation sites (N-methyl/N-ethyl adjacent to an activating group) is 1. The van der Waals surface area contributed by atoms with E-state index in [0.717, 1.165) is 54.9 Å². The van der Waals surface area contributed by atoms with Crippen molar-refractivity contribution >= 4 is 22.9 Å². The van der Waals surface area contributed by atoms with Crippen LogP contribution in [-0.2, 0) is 0 Å². The molecule has 208 valence electrons. The lowest BCUT2D eigenvalue weighted by atomic mass is 9.95.